The molecule has 0 radical (unpaired) electrons. The van der Waals surface area contributed by atoms with Gasteiger partial charge in [-0.3, -0.25) is 0 Å². The van der Waals surface area contributed by atoms with E-state index in [1.807, 2.05) is 13.0 Å². The van der Waals surface area contributed by atoms with E-state index in [4.69, 9.17) is 9.84 Å². The maximum Gasteiger partial charge on any atom is 0.328 e. The standard InChI is InChI=1S/C28H40O3/c1-7-15-31-25-18-24-23(27(3,4)13-14-28(24,5)6)17-22(25)21-10-8-9-20(21)12-11-19(2)16-26(29)30/h11-12,16-18,20-21H,7-10,13-15H2,1-6H3,(H,29,30)/b12-11+,19-16+. The number of carboxylic acid groups (broad SMARTS) is 1. The van der Waals surface area contributed by atoms with E-state index < -0.39 is 5.97 Å². The third-order valence-corrected chi connectivity index (χ3v) is 7.37. The number of carbonyl (C=O) groups is 1. The molecule has 0 aromatic heterocycles. The van der Waals surface area contributed by atoms with Crippen LogP contribution in [0.1, 0.15) is 103 Å². The number of hydrogen-bond donors (Lipinski definition) is 1. The topological polar surface area (TPSA) is 46.5 Å². The summed E-state index contributed by atoms with van der Waals surface area (Å²) in [5.41, 5.74) is 5.41. The highest BCUT2D eigenvalue weighted by molar-refractivity contribution is 5.81. The number of benzene rings is 1. The monoisotopic (exact) mass is 424 g/mol. The first-order valence-electron chi connectivity index (χ1n) is 12.0. The summed E-state index contributed by atoms with van der Waals surface area (Å²) in [6, 6.07) is 4.83. The second-order valence-corrected chi connectivity index (χ2v) is 10.8. The Labute approximate surface area is 188 Å². The van der Waals surface area contributed by atoms with Gasteiger partial charge in [0.15, 0.2) is 0 Å². The third-order valence-electron chi connectivity index (χ3n) is 7.37. The lowest BCUT2D eigenvalue weighted by molar-refractivity contribution is -0.131. The normalized spacial score (nSPS) is 24.9. The van der Waals surface area contributed by atoms with Gasteiger partial charge < -0.3 is 9.84 Å². The van der Waals surface area contributed by atoms with E-state index in [2.05, 4.69) is 52.8 Å². The molecule has 3 nitrogen and oxygen atoms in total. The van der Waals surface area contributed by atoms with Crippen LogP contribution in [-0.4, -0.2) is 17.7 Å². The molecule has 2 aliphatic rings. The molecule has 31 heavy (non-hydrogen) atoms. The Balaban J connectivity index is 2.04. The van der Waals surface area contributed by atoms with E-state index in [9.17, 15) is 4.79 Å². The number of aliphatic carboxylic acids is 1. The predicted octanol–water partition coefficient (Wildman–Crippen LogP) is 7.30. The third kappa shape index (κ3) is 5.25. The van der Waals surface area contributed by atoms with Gasteiger partial charge in [-0.2, -0.15) is 0 Å². The molecular weight excluding hydrogens is 384 g/mol. The molecule has 0 amide bonds. The van der Waals surface area contributed by atoms with Gasteiger partial charge in [0, 0.05) is 6.08 Å². The van der Waals surface area contributed by atoms with Crippen LogP contribution in [0.25, 0.3) is 0 Å². The Morgan fingerprint density at radius 1 is 1.13 bits per heavy atom. The molecule has 0 saturated heterocycles. The van der Waals surface area contributed by atoms with Crippen molar-refractivity contribution >= 4 is 5.97 Å². The number of rotatable bonds is 7. The average molecular weight is 425 g/mol. The van der Waals surface area contributed by atoms with Gasteiger partial charge in [-0.15, -0.1) is 0 Å². The van der Waals surface area contributed by atoms with Gasteiger partial charge in [0.1, 0.15) is 5.75 Å². The lowest BCUT2D eigenvalue weighted by Gasteiger charge is -2.42. The molecule has 0 bridgehead atoms. The summed E-state index contributed by atoms with van der Waals surface area (Å²) < 4.78 is 6.34. The van der Waals surface area contributed by atoms with Crippen LogP contribution in [0.15, 0.2) is 35.9 Å². The van der Waals surface area contributed by atoms with Crippen LogP contribution in [0.3, 0.4) is 0 Å². The first-order chi connectivity index (χ1) is 14.5. The molecular formula is C28H40O3. The van der Waals surface area contributed by atoms with Crippen molar-refractivity contribution in [2.24, 2.45) is 5.92 Å². The molecule has 1 fully saturated rings. The second-order valence-electron chi connectivity index (χ2n) is 10.8. The van der Waals surface area contributed by atoms with Crippen LogP contribution in [-0.2, 0) is 15.6 Å². The molecule has 3 heteroatoms. The van der Waals surface area contributed by atoms with Crippen molar-refractivity contribution in [3.05, 3.63) is 52.6 Å². The van der Waals surface area contributed by atoms with Crippen LogP contribution in [0.2, 0.25) is 0 Å². The summed E-state index contributed by atoms with van der Waals surface area (Å²) in [4.78, 5) is 11.0. The minimum Gasteiger partial charge on any atom is -0.493 e. The molecule has 0 heterocycles. The zero-order valence-corrected chi connectivity index (χ0v) is 20.3. The fraction of sp³-hybridized carbons (Fsp3) is 0.607. The summed E-state index contributed by atoms with van der Waals surface area (Å²) in [7, 11) is 0. The SMILES string of the molecule is CCCOc1cc2c(cc1C1CCCC1/C=C/C(C)=C/C(=O)O)C(C)(C)CCC2(C)C. The lowest BCUT2D eigenvalue weighted by atomic mass is 9.62. The van der Waals surface area contributed by atoms with Gasteiger partial charge >= 0.3 is 5.97 Å². The highest BCUT2D eigenvalue weighted by Crippen LogP contribution is 2.51. The van der Waals surface area contributed by atoms with Crippen LogP contribution in [0.4, 0.5) is 0 Å². The second kappa shape index (κ2) is 9.22. The minimum absolute atomic E-state index is 0.168. The Kier molecular flexibility index (Phi) is 7.03. The Bertz CT molecular complexity index is 872. The van der Waals surface area contributed by atoms with Crippen molar-refractivity contribution in [3.8, 4) is 5.75 Å². The van der Waals surface area contributed by atoms with Gasteiger partial charge in [-0.1, -0.05) is 59.3 Å². The van der Waals surface area contributed by atoms with Gasteiger partial charge in [-0.05, 0) is 90.0 Å². The molecule has 1 aromatic carbocycles. The Hall–Kier alpha value is -2.03. The van der Waals surface area contributed by atoms with E-state index in [-0.39, 0.29) is 10.8 Å². The molecule has 2 atom stereocenters. The summed E-state index contributed by atoms with van der Waals surface area (Å²) in [5.74, 6) is 1.01. The largest absolute Gasteiger partial charge is 0.493 e. The van der Waals surface area contributed by atoms with E-state index in [1.165, 1.54) is 42.0 Å². The summed E-state index contributed by atoms with van der Waals surface area (Å²) >= 11 is 0. The molecule has 0 spiro atoms. The number of hydrogen-bond acceptors (Lipinski definition) is 2. The smallest absolute Gasteiger partial charge is 0.328 e. The number of carboxylic acids is 1. The minimum atomic E-state index is -0.889. The van der Waals surface area contributed by atoms with Crippen LogP contribution < -0.4 is 4.74 Å². The molecule has 1 aromatic rings. The first kappa shape index (κ1) is 23.6. The highest BCUT2D eigenvalue weighted by Gasteiger charge is 2.39. The van der Waals surface area contributed by atoms with Crippen molar-refractivity contribution in [3.63, 3.8) is 0 Å². The van der Waals surface area contributed by atoms with Crippen LogP contribution in [0, 0.1) is 5.92 Å². The molecule has 2 aliphatic carbocycles. The number of fused-ring (bicyclic) bond motifs is 1. The van der Waals surface area contributed by atoms with Crippen LogP contribution >= 0.6 is 0 Å². The zero-order valence-electron chi connectivity index (χ0n) is 20.3. The lowest BCUT2D eigenvalue weighted by Crippen LogP contribution is -2.34. The molecule has 170 valence electrons. The van der Waals surface area contributed by atoms with Gasteiger partial charge in [0.25, 0.3) is 0 Å². The summed E-state index contributed by atoms with van der Waals surface area (Å²) in [5, 5.41) is 9.00. The van der Waals surface area contributed by atoms with Gasteiger partial charge in [0.05, 0.1) is 6.61 Å². The van der Waals surface area contributed by atoms with Crippen molar-refractivity contribution in [2.75, 3.05) is 6.61 Å². The Morgan fingerprint density at radius 3 is 2.39 bits per heavy atom. The Morgan fingerprint density at radius 2 is 1.77 bits per heavy atom. The van der Waals surface area contributed by atoms with Crippen molar-refractivity contribution in [1.29, 1.82) is 0 Å². The summed E-state index contributed by atoms with van der Waals surface area (Å²) in [6.07, 6.45) is 12.4. The van der Waals surface area contributed by atoms with Crippen molar-refractivity contribution in [1.82, 2.24) is 0 Å². The van der Waals surface area contributed by atoms with Gasteiger partial charge in [0.2, 0.25) is 0 Å². The van der Waals surface area contributed by atoms with E-state index >= 15 is 0 Å². The fourth-order valence-corrected chi connectivity index (χ4v) is 5.36. The predicted molar refractivity (Wildman–Crippen MR) is 128 cm³/mol. The molecule has 1 N–H and O–H groups in total. The van der Waals surface area contributed by atoms with Gasteiger partial charge in [-0.25, -0.2) is 4.79 Å². The first-order valence-corrected chi connectivity index (χ1v) is 12.0. The maximum absolute atomic E-state index is 11.0. The van der Waals surface area contributed by atoms with E-state index in [0.29, 0.717) is 11.8 Å². The average Bonchev–Trinajstić information content (AvgIpc) is 3.16. The molecule has 0 aliphatic heterocycles. The summed E-state index contributed by atoms with van der Waals surface area (Å²) in [6.45, 7) is 14.2. The molecule has 2 unspecified atom stereocenters. The van der Waals surface area contributed by atoms with Crippen LogP contribution in [0.5, 0.6) is 5.75 Å². The molecule has 3 rings (SSSR count). The number of ether oxygens (including phenoxy) is 1. The highest BCUT2D eigenvalue weighted by atomic mass is 16.5. The zero-order chi connectivity index (χ0) is 22.8. The van der Waals surface area contributed by atoms with E-state index in [0.717, 1.165) is 37.2 Å². The quantitative estimate of drug-likeness (QED) is 0.369. The number of allylic oxidation sites excluding steroid dienone is 3. The van der Waals surface area contributed by atoms with E-state index in [1.54, 1.807) is 0 Å². The fourth-order valence-electron chi connectivity index (χ4n) is 5.36. The molecule has 1 saturated carbocycles. The maximum atomic E-state index is 11.0. The van der Waals surface area contributed by atoms with Crippen molar-refractivity contribution in [2.45, 2.75) is 96.8 Å². The van der Waals surface area contributed by atoms with Crippen molar-refractivity contribution < 1.29 is 14.6 Å².